The molecule has 1 N–H and O–H groups in total. The second-order valence-electron chi connectivity index (χ2n) is 6.80. The van der Waals surface area contributed by atoms with Crippen LogP contribution in [0.3, 0.4) is 0 Å². The van der Waals surface area contributed by atoms with Gasteiger partial charge < -0.3 is 9.88 Å². The summed E-state index contributed by atoms with van der Waals surface area (Å²) in [5.74, 6) is 1.47. The number of nitrogens with one attached hydrogen (secondary N) is 1. The third kappa shape index (κ3) is 3.09. The number of thiophene rings is 1. The monoisotopic (exact) mass is 353 g/mol. The molecule has 0 saturated carbocycles. The Morgan fingerprint density at radius 1 is 1.40 bits per heavy atom. The maximum atomic E-state index is 12.9. The number of piperidine rings is 1. The highest BCUT2D eigenvalue weighted by Gasteiger charge is 2.28. The Balaban J connectivity index is 1.54. The molecule has 1 fully saturated rings. The van der Waals surface area contributed by atoms with Gasteiger partial charge in [0.1, 0.15) is 5.82 Å². The zero-order valence-corrected chi connectivity index (χ0v) is 15.5. The number of benzene rings is 1. The van der Waals surface area contributed by atoms with E-state index in [1.165, 1.54) is 10.4 Å². The molecule has 1 atom stereocenters. The second kappa shape index (κ2) is 6.64. The number of fused-ring (bicyclic) bond motifs is 1. The molecule has 1 amide bonds. The van der Waals surface area contributed by atoms with E-state index in [1.54, 1.807) is 11.3 Å². The van der Waals surface area contributed by atoms with Crippen LogP contribution in [0.4, 0.5) is 0 Å². The van der Waals surface area contributed by atoms with Crippen LogP contribution in [0.5, 0.6) is 0 Å². The van der Waals surface area contributed by atoms with Gasteiger partial charge in [0, 0.05) is 23.9 Å². The molecule has 25 heavy (non-hydrogen) atoms. The van der Waals surface area contributed by atoms with E-state index in [0.717, 1.165) is 54.1 Å². The molecule has 1 unspecified atom stereocenters. The van der Waals surface area contributed by atoms with E-state index in [2.05, 4.69) is 31.0 Å². The van der Waals surface area contributed by atoms with Crippen LogP contribution in [0.15, 0.2) is 30.3 Å². The Morgan fingerprint density at radius 3 is 3.00 bits per heavy atom. The van der Waals surface area contributed by atoms with E-state index in [9.17, 15) is 4.79 Å². The molecule has 1 aliphatic rings. The largest absolute Gasteiger partial charge is 0.342 e. The van der Waals surface area contributed by atoms with Gasteiger partial charge in [-0.25, -0.2) is 4.98 Å². The van der Waals surface area contributed by atoms with Crippen LogP contribution in [-0.2, 0) is 6.42 Å². The highest BCUT2D eigenvalue weighted by molar-refractivity contribution is 7.14. The van der Waals surface area contributed by atoms with Crippen LogP contribution in [0.2, 0.25) is 0 Å². The van der Waals surface area contributed by atoms with Gasteiger partial charge >= 0.3 is 0 Å². The molecule has 5 heteroatoms. The van der Waals surface area contributed by atoms with Crippen LogP contribution in [0.1, 0.15) is 51.6 Å². The second-order valence-corrected chi connectivity index (χ2v) is 7.94. The average Bonchev–Trinajstić information content (AvgIpc) is 3.24. The topological polar surface area (TPSA) is 49.0 Å². The number of carbonyl (C=O) groups is 1. The Hall–Kier alpha value is -2.14. The van der Waals surface area contributed by atoms with Crippen LogP contribution in [-0.4, -0.2) is 33.9 Å². The first-order chi connectivity index (χ1) is 12.2. The average molecular weight is 353 g/mol. The number of aromatic amines is 1. The summed E-state index contributed by atoms with van der Waals surface area (Å²) in [5, 5.41) is 0. The minimum Gasteiger partial charge on any atom is -0.342 e. The molecule has 3 heterocycles. The standard InChI is InChI=1S/C20H23N3OS/c1-3-17-13(2)11-18(25-17)20(24)23-10-6-7-14(12-23)19-21-15-8-4-5-9-16(15)22-19/h4-5,8-9,11,14H,3,6-7,10,12H2,1-2H3,(H,21,22). The van der Waals surface area contributed by atoms with Gasteiger partial charge in [0.05, 0.1) is 15.9 Å². The van der Waals surface area contributed by atoms with Gasteiger partial charge in [0.25, 0.3) is 5.91 Å². The van der Waals surface area contributed by atoms with Crippen molar-refractivity contribution in [1.82, 2.24) is 14.9 Å². The van der Waals surface area contributed by atoms with Crippen molar-refractivity contribution >= 4 is 28.3 Å². The maximum Gasteiger partial charge on any atom is 0.263 e. The van der Waals surface area contributed by atoms with E-state index < -0.39 is 0 Å². The number of aromatic nitrogens is 2. The molecule has 1 saturated heterocycles. The third-order valence-electron chi connectivity index (χ3n) is 5.06. The predicted octanol–water partition coefficient (Wildman–Crippen LogP) is 4.52. The van der Waals surface area contributed by atoms with Gasteiger partial charge in [-0.05, 0) is 49.9 Å². The molecule has 4 nitrogen and oxygen atoms in total. The molecule has 4 rings (SSSR count). The number of likely N-dealkylation sites (tertiary alicyclic amines) is 1. The zero-order valence-electron chi connectivity index (χ0n) is 14.7. The molecule has 0 radical (unpaired) electrons. The third-order valence-corrected chi connectivity index (χ3v) is 6.42. The van der Waals surface area contributed by atoms with Crippen molar-refractivity contribution in [3.05, 3.63) is 51.5 Å². The zero-order chi connectivity index (χ0) is 17.4. The number of H-pyrrole nitrogens is 1. The van der Waals surface area contributed by atoms with Crippen molar-refractivity contribution in [2.45, 2.75) is 39.0 Å². The Kier molecular flexibility index (Phi) is 4.34. The normalized spacial score (nSPS) is 18.0. The minimum atomic E-state index is 0.175. The summed E-state index contributed by atoms with van der Waals surface area (Å²) in [6, 6.07) is 10.2. The van der Waals surface area contributed by atoms with Gasteiger partial charge in [-0.2, -0.15) is 0 Å². The molecule has 0 bridgehead atoms. The lowest BCUT2D eigenvalue weighted by molar-refractivity contribution is 0.0710. The van der Waals surface area contributed by atoms with Crippen molar-refractivity contribution < 1.29 is 4.79 Å². The number of hydrogen-bond acceptors (Lipinski definition) is 3. The molecule has 0 aliphatic carbocycles. The number of aryl methyl sites for hydroxylation is 2. The Morgan fingerprint density at radius 2 is 2.24 bits per heavy atom. The van der Waals surface area contributed by atoms with Crippen molar-refractivity contribution in [3.8, 4) is 0 Å². The van der Waals surface area contributed by atoms with E-state index in [-0.39, 0.29) is 11.8 Å². The smallest absolute Gasteiger partial charge is 0.263 e. The first kappa shape index (κ1) is 16.3. The molecular weight excluding hydrogens is 330 g/mol. The van der Waals surface area contributed by atoms with Gasteiger partial charge in [-0.3, -0.25) is 4.79 Å². The van der Waals surface area contributed by atoms with Crippen LogP contribution in [0.25, 0.3) is 11.0 Å². The van der Waals surface area contributed by atoms with E-state index in [0.29, 0.717) is 0 Å². The fraction of sp³-hybridized carbons (Fsp3) is 0.400. The maximum absolute atomic E-state index is 12.9. The van der Waals surface area contributed by atoms with E-state index >= 15 is 0 Å². The fourth-order valence-electron chi connectivity index (χ4n) is 3.68. The quantitative estimate of drug-likeness (QED) is 0.753. The summed E-state index contributed by atoms with van der Waals surface area (Å²) >= 11 is 1.65. The summed E-state index contributed by atoms with van der Waals surface area (Å²) in [7, 11) is 0. The lowest BCUT2D eigenvalue weighted by Crippen LogP contribution is -2.39. The summed E-state index contributed by atoms with van der Waals surface area (Å²) in [4.78, 5) is 25.3. The first-order valence-electron chi connectivity index (χ1n) is 8.99. The number of nitrogens with zero attached hydrogens (tertiary/aromatic N) is 2. The molecule has 130 valence electrons. The summed E-state index contributed by atoms with van der Waals surface area (Å²) in [6.07, 6.45) is 3.09. The highest BCUT2D eigenvalue weighted by Crippen LogP contribution is 2.29. The number of hydrogen-bond donors (Lipinski definition) is 1. The van der Waals surface area contributed by atoms with Crippen LogP contribution in [0, 0.1) is 6.92 Å². The number of carbonyl (C=O) groups excluding carboxylic acids is 1. The molecule has 1 aromatic carbocycles. The SMILES string of the molecule is CCc1sc(C(=O)N2CCCC(c3nc4ccccc4[nH]3)C2)cc1C. The van der Waals surface area contributed by atoms with Gasteiger partial charge in [0.15, 0.2) is 0 Å². The number of imidazole rings is 1. The summed E-state index contributed by atoms with van der Waals surface area (Å²) in [6.45, 7) is 5.83. The van der Waals surface area contributed by atoms with Crippen LogP contribution < -0.4 is 0 Å². The van der Waals surface area contributed by atoms with Gasteiger partial charge in [-0.1, -0.05) is 19.1 Å². The van der Waals surface area contributed by atoms with Crippen molar-refractivity contribution in [2.75, 3.05) is 13.1 Å². The molecule has 2 aromatic heterocycles. The Bertz CT molecular complexity index is 878. The van der Waals surface area contributed by atoms with Crippen LogP contribution >= 0.6 is 11.3 Å². The highest BCUT2D eigenvalue weighted by atomic mass is 32.1. The predicted molar refractivity (Wildman–Crippen MR) is 102 cm³/mol. The van der Waals surface area contributed by atoms with E-state index in [4.69, 9.17) is 4.98 Å². The van der Waals surface area contributed by atoms with E-state index in [1.807, 2.05) is 23.1 Å². The summed E-state index contributed by atoms with van der Waals surface area (Å²) < 4.78 is 0. The molecular formula is C20H23N3OS. The molecule has 0 spiro atoms. The number of amides is 1. The lowest BCUT2D eigenvalue weighted by atomic mass is 9.97. The molecule has 3 aromatic rings. The van der Waals surface area contributed by atoms with Crippen molar-refractivity contribution in [2.24, 2.45) is 0 Å². The first-order valence-corrected chi connectivity index (χ1v) is 9.80. The lowest BCUT2D eigenvalue weighted by Gasteiger charge is -2.31. The van der Waals surface area contributed by atoms with Gasteiger partial charge in [0.2, 0.25) is 0 Å². The minimum absolute atomic E-state index is 0.175. The fourth-order valence-corrected chi connectivity index (χ4v) is 4.76. The number of para-hydroxylation sites is 2. The van der Waals surface area contributed by atoms with Crippen molar-refractivity contribution in [1.29, 1.82) is 0 Å². The molecule has 1 aliphatic heterocycles. The van der Waals surface area contributed by atoms with Crippen molar-refractivity contribution in [3.63, 3.8) is 0 Å². The number of rotatable bonds is 3. The van der Waals surface area contributed by atoms with Gasteiger partial charge in [-0.15, -0.1) is 11.3 Å². The Labute approximate surface area is 151 Å². The summed E-state index contributed by atoms with van der Waals surface area (Å²) in [5.41, 5.74) is 3.31.